The normalized spacial score (nSPS) is 15.3. The van der Waals surface area contributed by atoms with Crippen molar-refractivity contribution in [3.05, 3.63) is 66.0 Å². The van der Waals surface area contributed by atoms with Crippen molar-refractivity contribution in [2.24, 2.45) is 0 Å². The van der Waals surface area contributed by atoms with E-state index in [1.165, 1.54) is 23.5 Å². The van der Waals surface area contributed by atoms with Gasteiger partial charge in [0.25, 0.3) is 5.91 Å². The molecule has 0 heterocycles. The number of para-hydroxylation sites is 1. The van der Waals surface area contributed by atoms with E-state index in [4.69, 9.17) is 4.74 Å². The zero-order valence-corrected chi connectivity index (χ0v) is 17.4. The van der Waals surface area contributed by atoms with Crippen molar-refractivity contribution in [2.45, 2.75) is 57.7 Å². The molecule has 0 unspecified atom stereocenters. The van der Waals surface area contributed by atoms with Crippen molar-refractivity contribution >= 4 is 11.8 Å². The van der Waals surface area contributed by atoms with Gasteiger partial charge in [0.2, 0.25) is 5.91 Å². The summed E-state index contributed by atoms with van der Waals surface area (Å²) >= 11 is 0. The van der Waals surface area contributed by atoms with Gasteiger partial charge in [0, 0.05) is 12.6 Å². The fourth-order valence-corrected chi connectivity index (χ4v) is 3.72. The van der Waals surface area contributed by atoms with E-state index in [1.54, 1.807) is 19.1 Å². The van der Waals surface area contributed by atoms with Crippen LogP contribution in [0.5, 0.6) is 5.75 Å². The predicted octanol–water partition coefficient (Wildman–Crippen LogP) is 4.07. The second-order valence-electron chi connectivity index (χ2n) is 7.75. The minimum absolute atomic E-state index is 0.0184. The van der Waals surface area contributed by atoms with Crippen molar-refractivity contribution in [2.75, 3.05) is 6.61 Å². The number of rotatable bonds is 8. The summed E-state index contributed by atoms with van der Waals surface area (Å²) in [5.74, 6) is -1.04. The molecule has 160 valence electrons. The second-order valence-corrected chi connectivity index (χ2v) is 7.75. The van der Waals surface area contributed by atoms with Crippen molar-refractivity contribution in [3.8, 4) is 5.75 Å². The van der Waals surface area contributed by atoms with E-state index in [9.17, 15) is 14.0 Å². The van der Waals surface area contributed by atoms with Crippen LogP contribution in [0.3, 0.4) is 0 Å². The Bertz CT molecular complexity index is 837. The first kappa shape index (κ1) is 21.8. The molecule has 1 aliphatic rings. The molecule has 0 bridgehead atoms. The van der Waals surface area contributed by atoms with Crippen molar-refractivity contribution in [1.82, 2.24) is 10.2 Å². The lowest BCUT2D eigenvalue weighted by Crippen LogP contribution is -2.51. The number of ether oxygens (including phenoxy) is 1. The lowest BCUT2D eigenvalue weighted by molar-refractivity contribution is -0.142. The zero-order valence-electron chi connectivity index (χ0n) is 17.4. The van der Waals surface area contributed by atoms with Crippen LogP contribution in [-0.4, -0.2) is 35.4 Å². The van der Waals surface area contributed by atoms with Crippen LogP contribution in [0.15, 0.2) is 54.6 Å². The summed E-state index contributed by atoms with van der Waals surface area (Å²) in [4.78, 5) is 27.3. The molecule has 6 heteroatoms. The van der Waals surface area contributed by atoms with Crippen LogP contribution in [0.4, 0.5) is 4.39 Å². The summed E-state index contributed by atoms with van der Waals surface area (Å²) < 4.78 is 19.2. The molecular formula is C24H29FN2O3. The lowest BCUT2D eigenvalue weighted by atomic mass is 9.95. The first-order valence-electron chi connectivity index (χ1n) is 10.6. The molecule has 1 fully saturated rings. The molecule has 1 atom stereocenters. The highest BCUT2D eigenvalue weighted by Gasteiger charge is 2.28. The van der Waals surface area contributed by atoms with Gasteiger partial charge in [0.05, 0.1) is 0 Å². The molecule has 0 saturated heterocycles. The Morgan fingerprint density at radius 1 is 1.07 bits per heavy atom. The standard InChI is InChI=1S/C24H29FN2O3/c1-18(24(29)26-20-12-6-3-7-13-20)27(16-19-10-4-2-5-11-19)23(28)17-30-22-15-9-8-14-21(22)25/h2,4-5,8-11,14-15,18,20H,3,6-7,12-13,16-17H2,1H3,(H,26,29)/t18-/m1/s1. The van der Waals surface area contributed by atoms with E-state index >= 15 is 0 Å². The lowest BCUT2D eigenvalue weighted by Gasteiger charge is -2.31. The van der Waals surface area contributed by atoms with Crippen molar-refractivity contribution < 1.29 is 18.7 Å². The minimum Gasteiger partial charge on any atom is -0.481 e. The zero-order chi connectivity index (χ0) is 21.3. The fourth-order valence-electron chi connectivity index (χ4n) is 3.72. The number of hydrogen-bond acceptors (Lipinski definition) is 3. The van der Waals surface area contributed by atoms with E-state index in [0.717, 1.165) is 31.2 Å². The fraction of sp³-hybridized carbons (Fsp3) is 0.417. The van der Waals surface area contributed by atoms with Gasteiger partial charge in [-0.3, -0.25) is 9.59 Å². The molecule has 0 aliphatic heterocycles. The summed E-state index contributed by atoms with van der Waals surface area (Å²) in [6, 6.07) is 14.9. The molecule has 0 spiro atoms. The van der Waals surface area contributed by atoms with Crippen molar-refractivity contribution in [3.63, 3.8) is 0 Å². The van der Waals surface area contributed by atoms with Crippen molar-refractivity contribution in [1.29, 1.82) is 0 Å². The van der Waals surface area contributed by atoms with Crippen LogP contribution >= 0.6 is 0 Å². The minimum atomic E-state index is -0.663. The monoisotopic (exact) mass is 412 g/mol. The molecule has 1 saturated carbocycles. The van der Waals surface area contributed by atoms with Gasteiger partial charge in [-0.05, 0) is 37.5 Å². The number of carbonyl (C=O) groups is 2. The Balaban J connectivity index is 1.69. The predicted molar refractivity (Wildman–Crippen MR) is 113 cm³/mol. The Hall–Kier alpha value is -2.89. The highest BCUT2D eigenvalue weighted by molar-refractivity contribution is 5.88. The Morgan fingerprint density at radius 3 is 2.43 bits per heavy atom. The van der Waals surface area contributed by atoms with E-state index in [-0.39, 0.29) is 36.8 Å². The highest BCUT2D eigenvalue weighted by atomic mass is 19.1. The first-order valence-corrected chi connectivity index (χ1v) is 10.6. The topological polar surface area (TPSA) is 58.6 Å². The summed E-state index contributed by atoms with van der Waals surface area (Å²) in [7, 11) is 0. The van der Waals surface area contributed by atoms with E-state index in [2.05, 4.69) is 5.32 Å². The van der Waals surface area contributed by atoms with Gasteiger partial charge < -0.3 is 15.0 Å². The first-order chi connectivity index (χ1) is 14.5. The maximum Gasteiger partial charge on any atom is 0.261 e. The van der Waals surface area contributed by atoms with Gasteiger partial charge in [0.15, 0.2) is 18.2 Å². The van der Waals surface area contributed by atoms with Gasteiger partial charge in [0.1, 0.15) is 6.04 Å². The van der Waals surface area contributed by atoms with Crippen LogP contribution in [0.1, 0.15) is 44.6 Å². The summed E-state index contributed by atoms with van der Waals surface area (Å²) in [6.45, 7) is 1.66. The number of nitrogens with zero attached hydrogens (tertiary/aromatic N) is 1. The number of hydrogen-bond donors (Lipinski definition) is 1. The third-order valence-corrected chi connectivity index (χ3v) is 5.50. The molecule has 30 heavy (non-hydrogen) atoms. The van der Waals surface area contributed by atoms with Gasteiger partial charge in [-0.1, -0.05) is 61.7 Å². The molecule has 3 rings (SSSR count). The Labute approximate surface area is 177 Å². The SMILES string of the molecule is C[C@H](C(=O)NC1CCCCC1)N(Cc1ccccc1)C(=O)COc1ccccc1F. The number of benzene rings is 2. The molecule has 0 radical (unpaired) electrons. The molecule has 2 aromatic carbocycles. The van der Waals surface area contributed by atoms with Gasteiger partial charge in [-0.15, -0.1) is 0 Å². The van der Waals surface area contributed by atoms with Gasteiger partial charge >= 0.3 is 0 Å². The van der Waals surface area contributed by atoms with E-state index in [1.807, 2.05) is 30.3 Å². The summed E-state index contributed by atoms with van der Waals surface area (Å²) in [6.07, 6.45) is 5.38. The van der Waals surface area contributed by atoms with Crippen LogP contribution < -0.4 is 10.1 Å². The average Bonchev–Trinajstić information content (AvgIpc) is 2.77. The van der Waals surface area contributed by atoms with E-state index < -0.39 is 11.9 Å². The number of nitrogens with one attached hydrogen (secondary N) is 1. The summed E-state index contributed by atoms with van der Waals surface area (Å²) in [5.41, 5.74) is 0.911. The van der Waals surface area contributed by atoms with E-state index in [0.29, 0.717) is 0 Å². The Kier molecular flexibility index (Phi) is 7.82. The molecular weight excluding hydrogens is 383 g/mol. The maximum atomic E-state index is 13.8. The van der Waals surface area contributed by atoms with Gasteiger partial charge in [-0.25, -0.2) is 4.39 Å². The average molecular weight is 413 g/mol. The highest BCUT2D eigenvalue weighted by Crippen LogP contribution is 2.19. The van der Waals surface area contributed by atoms with Crippen LogP contribution in [-0.2, 0) is 16.1 Å². The molecule has 2 amide bonds. The third kappa shape index (κ3) is 6.05. The molecule has 5 nitrogen and oxygen atoms in total. The number of amides is 2. The van der Waals surface area contributed by atoms with Gasteiger partial charge in [-0.2, -0.15) is 0 Å². The van der Waals surface area contributed by atoms with Crippen LogP contribution in [0, 0.1) is 5.82 Å². The Morgan fingerprint density at radius 2 is 1.73 bits per heavy atom. The largest absolute Gasteiger partial charge is 0.481 e. The van der Waals surface area contributed by atoms with Crippen LogP contribution in [0.2, 0.25) is 0 Å². The molecule has 0 aromatic heterocycles. The summed E-state index contributed by atoms with van der Waals surface area (Å²) in [5, 5.41) is 3.09. The van der Waals surface area contributed by atoms with Crippen LogP contribution in [0.25, 0.3) is 0 Å². The third-order valence-electron chi connectivity index (χ3n) is 5.50. The smallest absolute Gasteiger partial charge is 0.261 e. The molecule has 1 N–H and O–H groups in total. The second kappa shape index (κ2) is 10.8. The quantitative estimate of drug-likeness (QED) is 0.711. The molecule has 2 aromatic rings. The number of halogens is 1. The number of carbonyl (C=O) groups excluding carboxylic acids is 2. The maximum absolute atomic E-state index is 13.8. The molecule has 1 aliphatic carbocycles.